The Morgan fingerprint density at radius 3 is 2.67 bits per heavy atom. The minimum Gasteiger partial charge on any atom is -0.330 e. The molecule has 6 heteroatoms. The van der Waals surface area contributed by atoms with Gasteiger partial charge in [0.15, 0.2) is 9.84 Å². The first-order valence-electron chi connectivity index (χ1n) is 5.47. The van der Waals surface area contributed by atoms with E-state index in [2.05, 4.69) is 0 Å². The van der Waals surface area contributed by atoms with Gasteiger partial charge in [0.2, 0.25) is 0 Å². The molecule has 18 heavy (non-hydrogen) atoms. The Bertz CT molecular complexity index is 564. The lowest BCUT2D eigenvalue weighted by Gasteiger charge is -2.10. The molecule has 4 nitrogen and oxygen atoms in total. The highest BCUT2D eigenvalue weighted by Crippen LogP contribution is 2.20. The highest BCUT2D eigenvalue weighted by atomic mass is 35.5. The highest BCUT2D eigenvalue weighted by molar-refractivity contribution is 7.90. The van der Waals surface area contributed by atoms with Crippen molar-refractivity contribution in [2.45, 2.75) is 12.7 Å². The normalized spacial score (nSPS) is 13.0. The van der Waals surface area contributed by atoms with Crippen molar-refractivity contribution in [1.82, 2.24) is 0 Å². The molecule has 2 N–H and O–H groups in total. The molecule has 0 spiro atoms. The molecule has 0 aliphatic heterocycles. The van der Waals surface area contributed by atoms with E-state index >= 15 is 0 Å². The molecule has 0 fully saturated rings. The van der Waals surface area contributed by atoms with Gasteiger partial charge in [-0.25, -0.2) is 8.42 Å². The van der Waals surface area contributed by atoms with Crippen LogP contribution in [0.3, 0.4) is 0 Å². The van der Waals surface area contributed by atoms with Crippen LogP contribution in [0.25, 0.3) is 0 Å². The van der Waals surface area contributed by atoms with Crippen LogP contribution in [0.15, 0.2) is 18.2 Å². The van der Waals surface area contributed by atoms with E-state index in [1.807, 2.05) is 6.07 Å². The molecule has 0 saturated heterocycles. The van der Waals surface area contributed by atoms with Crippen molar-refractivity contribution in [2.24, 2.45) is 11.7 Å². The monoisotopic (exact) mass is 286 g/mol. The smallest absolute Gasteiger partial charge is 0.154 e. The first kappa shape index (κ1) is 15.0. The molecule has 0 amide bonds. The van der Waals surface area contributed by atoms with Crippen molar-refractivity contribution in [3.63, 3.8) is 0 Å². The molecule has 0 aliphatic rings. The summed E-state index contributed by atoms with van der Waals surface area (Å²) in [6, 6.07) is 6.55. The first-order chi connectivity index (χ1) is 8.38. The lowest BCUT2D eigenvalue weighted by Crippen LogP contribution is -2.22. The van der Waals surface area contributed by atoms with Gasteiger partial charge in [0, 0.05) is 5.02 Å². The fourth-order valence-corrected chi connectivity index (χ4v) is 3.70. The summed E-state index contributed by atoms with van der Waals surface area (Å²) in [6.45, 7) is 2.12. The van der Waals surface area contributed by atoms with Crippen molar-refractivity contribution in [3.8, 4) is 6.07 Å². The van der Waals surface area contributed by atoms with E-state index in [0.29, 0.717) is 22.7 Å². The molecule has 1 aromatic rings. The zero-order valence-electron chi connectivity index (χ0n) is 10.1. The molecule has 1 atom stereocenters. The summed E-state index contributed by atoms with van der Waals surface area (Å²) in [5, 5.41) is 9.00. The van der Waals surface area contributed by atoms with Crippen molar-refractivity contribution < 1.29 is 8.42 Å². The quantitative estimate of drug-likeness (QED) is 0.893. The van der Waals surface area contributed by atoms with E-state index < -0.39 is 9.84 Å². The zero-order chi connectivity index (χ0) is 13.8. The number of sulfone groups is 1. The zero-order valence-corrected chi connectivity index (χ0v) is 11.6. The third kappa shape index (κ3) is 4.30. The van der Waals surface area contributed by atoms with Crippen molar-refractivity contribution in [1.29, 1.82) is 5.26 Å². The molecule has 0 heterocycles. The average molecular weight is 287 g/mol. The largest absolute Gasteiger partial charge is 0.330 e. The van der Waals surface area contributed by atoms with Gasteiger partial charge in [-0.3, -0.25) is 0 Å². The SMILES string of the molecule is CC(CN)CS(=O)(=O)Cc1ccc(C#N)cc1Cl. The van der Waals surface area contributed by atoms with Gasteiger partial charge in [-0.1, -0.05) is 24.6 Å². The maximum atomic E-state index is 11.9. The van der Waals surface area contributed by atoms with Crippen LogP contribution in [0.5, 0.6) is 0 Å². The second kappa shape index (κ2) is 6.19. The van der Waals surface area contributed by atoms with Gasteiger partial charge in [-0.05, 0) is 30.2 Å². The van der Waals surface area contributed by atoms with E-state index in [1.54, 1.807) is 19.1 Å². The lowest BCUT2D eigenvalue weighted by molar-refractivity contribution is 0.573. The van der Waals surface area contributed by atoms with Crippen molar-refractivity contribution in [3.05, 3.63) is 34.3 Å². The molecule has 0 aromatic heterocycles. The topological polar surface area (TPSA) is 84.0 Å². The standard InChI is InChI=1S/C12H15ClN2O2S/c1-9(5-14)7-18(16,17)8-11-3-2-10(6-15)4-12(11)13/h2-4,9H,5,7-8,14H2,1H3. The van der Waals surface area contributed by atoms with Gasteiger partial charge < -0.3 is 5.73 Å². The van der Waals surface area contributed by atoms with Crippen molar-refractivity contribution >= 4 is 21.4 Å². The Kier molecular flexibility index (Phi) is 5.15. The first-order valence-corrected chi connectivity index (χ1v) is 7.67. The van der Waals surface area contributed by atoms with Gasteiger partial charge in [-0.15, -0.1) is 0 Å². The van der Waals surface area contributed by atoms with Gasteiger partial charge in [0.05, 0.1) is 23.1 Å². The maximum absolute atomic E-state index is 11.9. The number of hydrogen-bond donors (Lipinski definition) is 1. The number of nitrogens with zero attached hydrogens (tertiary/aromatic N) is 1. The fraction of sp³-hybridized carbons (Fsp3) is 0.417. The molecule has 0 aliphatic carbocycles. The summed E-state index contributed by atoms with van der Waals surface area (Å²) < 4.78 is 23.8. The average Bonchev–Trinajstić information content (AvgIpc) is 2.30. The minimum atomic E-state index is -3.24. The summed E-state index contributed by atoms with van der Waals surface area (Å²) >= 11 is 5.94. The molecule has 0 saturated carbocycles. The molecule has 98 valence electrons. The molecule has 1 aromatic carbocycles. The van der Waals surface area contributed by atoms with Crippen molar-refractivity contribution in [2.75, 3.05) is 12.3 Å². The van der Waals surface area contributed by atoms with E-state index in [9.17, 15) is 8.42 Å². The Hall–Kier alpha value is -1.09. The van der Waals surface area contributed by atoms with Crippen LogP contribution in [-0.2, 0) is 15.6 Å². The van der Waals surface area contributed by atoms with E-state index in [1.165, 1.54) is 6.07 Å². The van der Waals surface area contributed by atoms with Crippen LogP contribution in [0.1, 0.15) is 18.1 Å². The summed E-state index contributed by atoms with van der Waals surface area (Å²) in [5.41, 5.74) is 6.34. The number of nitriles is 1. The maximum Gasteiger partial charge on any atom is 0.154 e. The van der Waals surface area contributed by atoms with E-state index in [0.717, 1.165) is 0 Å². The third-order valence-corrected chi connectivity index (χ3v) is 4.68. The Labute approximate surface area is 112 Å². The number of nitrogens with two attached hydrogens (primary N) is 1. The van der Waals surface area contributed by atoms with Gasteiger partial charge in [-0.2, -0.15) is 5.26 Å². The summed E-state index contributed by atoms with van der Waals surface area (Å²) in [4.78, 5) is 0. The molecular weight excluding hydrogens is 272 g/mol. The molecule has 1 rings (SSSR count). The fourth-order valence-electron chi connectivity index (χ4n) is 1.53. The Balaban J connectivity index is 2.88. The third-order valence-electron chi connectivity index (χ3n) is 2.50. The predicted octanol–water partition coefficient (Wildman–Crippen LogP) is 1.72. The van der Waals surface area contributed by atoms with Gasteiger partial charge in [0.1, 0.15) is 0 Å². The van der Waals surface area contributed by atoms with Crippen LogP contribution in [0, 0.1) is 17.2 Å². The second-order valence-corrected chi connectivity index (χ2v) is 6.83. The van der Waals surface area contributed by atoms with Crippen LogP contribution >= 0.6 is 11.6 Å². The molecule has 0 radical (unpaired) electrons. The van der Waals surface area contributed by atoms with Gasteiger partial charge >= 0.3 is 0 Å². The lowest BCUT2D eigenvalue weighted by atomic mass is 10.2. The Morgan fingerprint density at radius 2 is 2.17 bits per heavy atom. The number of halogens is 1. The Morgan fingerprint density at radius 1 is 1.50 bits per heavy atom. The summed E-state index contributed by atoms with van der Waals surface area (Å²) in [5.74, 6) is -0.158. The van der Waals surface area contributed by atoms with Crippen LogP contribution in [0.2, 0.25) is 5.02 Å². The van der Waals surface area contributed by atoms with Crippen LogP contribution < -0.4 is 5.73 Å². The van der Waals surface area contributed by atoms with Gasteiger partial charge in [0.25, 0.3) is 0 Å². The van der Waals surface area contributed by atoms with E-state index in [4.69, 9.17) is 22.6 Å². The van der Waals surface area contributed by atoms with Crippen LogP contribution in [-0.4, -0.2) is 20.7 Å². The molecule has 1 unspecified atom stereocenters. The number of rotatable bonds is 5. The number of benzene rings is 1. The summed E-state index contributed by atoms with van der Waals surface area (Å²) in [7, 11) is -3.24. The highest BCUT2D eigenvalue weighted by Gasteiger charge is 2.17. The minimum absolute atomic E-state index is 0.0415. The molecule has 0 bridgehead atoms. The van der Waals surface area contributed by atoms with Crippen LogP contribution in [0.4, 0.5) is 0 Å². The summed E-state index contributed by atoms with van der Waals surface area (Å²) in [6.07, 6.45) is 0. The molecular formula is C12H15ClN2O2S. The second-order valence-electron chi connectivity index (χ2n) is 4.31. The number of hydrogen-bond acceptors (Lipinski definition) is 4. The van der Waals surface area contributed by atoms with E-state index in [-0.39, 0.29) is 17.4 Å². The predicted molar refractivity (Wildman–Crippen MR) is 71.9 cm³/mol.